The zero-order valence-corrected chi connectivity index (χ0v) is 11.7. The molecule has 4 nitrogen and oxygen atoms in total. The molecule has 2 rings (SSSR count). The second kappa shape index (κ2) is 5.78. The number of rotatable bonds is 5. The summed E-state index contributed by atoms with van der Waals surface area (Å²) in [5, 5.41) is 4.37. The number of aromatic nitrogens is 3. The fraction of sp³-hybridized carbons (Fsp3) is 0.400. The topological polar surface area (TPSA) is 47.8 Å². The van der Waals surface area contributed by atoms with Gasteiger partial charge in [-0.3, -0.25) is 14.5 Å². The maximum atomic E-state index is 12.4. The van der Waals surface area contributed by atoms with Crippen molar-refractivity contribution in [3.63, 3.8) is 0 Å². The molecule has 0 saturated carbocycles. The zero-order valence-electron chi connectivity index (χ0n) is 11.7. The molecule has 0 aliphatic heterocycles. The molecular weight excluding hydrogens is 238 g/mol. The van der Waals surface area contributed by atoms with Crippen LogP contribution in [0.5, 0.6) is 0 Å². The van der Waals surface area contributed by atoms with E-state index >= 15 is 0 Å². The summed E-state index contributed by atoms with van der Waals surface area (Å²) in [6, 6.07) is 3.79. The number of carbonyl (C=O) groups is 1. The number of hydrogen-bond acceptors (Lipinski definition) is 3. The molecule has 0 bridgehead atoms. The third-order valence-corrected chi connectivity index (χ3v) is 3.21. The molecule has 19 heavy (non-hydrogen) atoms. The smallest absolute Gasteiger partial charge is 0.169 e. The summed E-state index contributed by atoms with van der Waals surface area (Å²) in [4.78, 5) is 16.5. The average Bonchev–Trinajstić information content (AvgIpc) is 2.78. The summed E-state index contributed by atoms with van der Waals surface area (Å²) in [5.41, 5.74) is 3.71. The van der Waals surface area contributed by atoms with Crippen LogP contribution >= 0.6 is 0 Å². The van der Waals surface area contributed by atoms with Gasteiger partial charge in [0.05, 0.1) is 12.1 Å². The quantitative estimate of drug-likeness (QED) is 0.773. The Labute approximate surface area is 113 Å². The Kier molecular flexibility index (Phi) is 4.10. The van der Waals surface area contributed by atoms with Crippen molar-refractivity contribution in [3.05, 3.63) is 47.0 Å². The first kappa shape index (κ1) is 13.5. The molecule has 0 amide bonds. The SMILES string of the molecule is CCc1cnccc1C(=O)Cc1cc(C)nn1CC. The van der Waals surface area contributed by atoms with Crippen molar-refractivity contribution in [1.82, 2.24) is 14.8 Å². The lowest BCUT2D eigenvalue weighted by molar-refractivity contribution is 0.0989. The van der Waals surface area contributed by atoms with Crippen molar-refractivity contribution in [3.8, 4) is 0 Å². The van der Waals surface area contributed by atoms with Crippen LogP contribution in [0, 0.1) is 6.92 Å². The van der Waals surface area contributed by atoms with E-state index in [9.17, 15) is 4.79 Å². The molecule has 2 aromatic heterocycles. The standard InChI is InChI=1S/C15H19N3O/c1-4-12-10-16-7-6-14(12)15(19)9-13-8-11(3)17-18(13)5-2/h6-8,10H,4-5,9H2,1-3H3. The third-order valence-electron chi connectivity index (χ3n) is 3.21. The van der Waals surface area contributed by atoms with Gasteiger partial charge in [-0.15, -0.1) is 0 Å². The van der Waals surface area contributed by atoms with Crippen LogP contribution in [0.25, 0.3) is 0 Å². The summed E-state index contributed by atoms with van der Waals surface area (Å²) in [6.45, 7) is 6.80. The fourth-order valence-corrected chi connectivity index (χ4v) is 2.26. The number of aryl methyl sites for hydroxylation is 3. The summed E-state index contributed by atoms with van der Waals surface area (Å²) in [5.74, 6) is 0.133. The van der Waals surface area contributed by atoms with Crippen LogP contribution in [0.15, 0.2) is 24.5 Å². The van der Waals surface area contributed by atoms with Crippen molar-refractivity contribution >= 4 is 5.78 Å². The van der Waals surface area contributed by atoms with Gasteiger partial charge >= 0.3 is 0 Å². The largest absolute Gasteiger partial charge is 0.294 e. The molecule has 0 aliphatic rings. The van der Waals surface area contributed by atoms with Gasteiger partial charge in [0.25, 0.3) is 0 Å². The molecule has 0 N–H and O–H groups in total. The highest BCUT2D eigenvalue weighted by molar-refractivity contribution is 5.98. The number of hydrogen-bond donors (Lipinski definition) is 0. The van der Waals surface area contributed by atoms with E-state index in [2.05, 4.69) is 10.1 Å². The highest BCUT2D eigenvalue weighted by Crippen LogP contribution is 2.13. The van der Waals surface area contributed by atoms with Crippen molar-refractivity contribution in [2.24, 2.45) is 0 Å². The first-order valence-electron chi connectivity index (χ1n) is 6.65. The van der Waals surface area contributed by atoms with E-state index in [0.29, 0.717) is 6.42 Å². The molecule has 2 aromatic rings. The molecule has 0 spiro atoms. The van der Waals surface area contributed by atoms with Gasteiger partial charge in [0.15, 0.2) is 5.78 Å². The molecule has 2 heterocycles. The van der Waals surface area contributed by atoms with Crippen LogP contribution in [0.3, 0.4) is 0 Å². The molecule has 0 atom stereocenters. The molecule has 4 heteroatoms. The van der Waals surface area contributed by atoms with Gasteiger partial charge < -0.3 is 0 Å². The van der Waals surface area contributed by atoms with Crippen LogP contribution < -0.4 is 0 Å². The minimum atomic E-state index is 0.133. The predicted molar refractivity (Wildman–Crippen MR) is 74.3 cm³/mol. The maximum absolute atomic E-state index is 12.4. The van der Waals surface area contributed by atoms with Gasteiger partial charge in [-0.2, -0.15) is 5.10 Å². The van der Waals surface area contributed by atoms with Crippen molar-refractivity contribution < 1.29 is 4.79 Å². The highest BCUT2D eigenvalue weighted by atomic mass is 16.1. The lowest BCUT2D eigenvalue weighted by Crippen LogP contribution is -2.11. The van der Waals surface area contributed by atoms with Crippen molar-refractivity contribution in [2.45, 2.75) is 40.2 Å². The summed E-state index contributed by atoms with van der Waals surface area (Å²) in [6.07, 6.45) is 4.66. The van der Waals surface area contributed by atoms with E-state index in [1.54, 1.807) is 18.5 Å². The van der Waals surface area contributed by atoms with E-state index in [4.69, 9.17) is 0 Å². The highest BCUT2D eigenvalue weighted by Gasteiger charge is 2.14. The monoisotopic (exact) mass is 257 g/mol. The van der Waals surface area contributed by atoms with Crippen LogP contribution in [-0.4, -0.2) is 20.5 Å². The molecule has 0 radical (unpaired) electrons. The fourth-order valence-electron chi connectivity index (χ4n) is 2.26. The number of pyridine rings is 1. The Morgan fingerprint density at radius 1 is 1.37 bits per heavy atom. The van der Waals surface area contributed by atoms with Crippen molar-refractivity contribution in [1.29, 1.82) is 0 Å². The summed E-state index contributed by atoms with van der Waals surface area (Å²) < 4.78 is 1.89. The van der Waals surface area contributed by atoms with Crippen LogP contribution in [0.4, 0.5) is 0 Å². The summed E-state index contributed by atoms with van der Waals surface area (Å²) >= 11 is 0. The molecular formula is C15H19N3O. The zero-order chi connectivity index (χ0) is 13.8. The van der Waals surface area contributed by atoms with Crippen molar-refractivity contribution in [2.75, 3.05) is 0 Å². The first-order chi connectivity index (χ1) is 9.15. The van der Waals surface area contributed by atoms with Crippen LogP contribution in [0.2, 0.25) is 0 Å². The summed E-state index contributed by atoms with van der Waals surface area (Å²) in [7, 11) is 0. The van der Waals surface area contributed by atoms with Gasteiger partial charge in [-0.25, -0.2) is 0 Å². The van der Waals surface area contributed by atoms with Crippen LogP contribution in [-0.2, 0) is 19.4 Å². The minimum absolute atomic E-state index is 0.133. The minimum Gasteiger partial charge on any atom is -0.294 e. The second-order valence-corrected chi connectivity index (χ2v) is 4.58. The molecule has 100 valence electrons. The van der Waals surface area contributed by atoms with E-state index < -0.39 is 0 Å². The normalized spacial score (nSPS) is 10.7. The van der Waals surface area contributed by atoms with Gasteiger partial charge in [0.2, 0.25) is 0 Å². The van der Waals surface area contributed by atoms with Gasteiger partial charge in [-0.05, 0) is 38.0 Å². The Balaban J connectivity index is 2.25. The molecule has 0 saturated heterocycles. The Morgan fingerprint density at radius 2 is 2.16 bits per heavy atom. The number of nitrogens with zero attached hydrogens (tertiary/aromatic N) is 3. The Morgan fingerprint density at radius 3 is 2.84 bits per heavy atom. The number of ketones is 1. The molecule has 0 aromatic carbocycles. The maximum Gasteiger partial charge on any atom is 0.169 e. The van der Waals surface area contributed by atoms with Gasteiger partial charge in [0.1, 0.15) is 0 Å². The number of carbonyl (C=O) groups excluding carboxylic acids is 1. The van der Waals surface area contributed by atoms with Crippen LogP contribution in [0.1, 0.15) is 41.2 Å². The second-order valence-electron chi connectivity index (χ2n) is 4.58. The van der Waals surface area contributed by atoms with E-state index in [1.807, 2.05) is 31.5 Å². The Bertz CT molecular complexity index is 587. The van der Waals surface area contributed by atoms with E-state index in [0.717, 1.165) is 35.5 Å². The van der Waals surface area contributed by atoms with Gasteiger partial charge in [0, 0.05) is 30.2 Å². The van der Waals surface area contributed by atoms with Gasteiger partial charge in [-0.1, -0.05) is 6.92 Å². The average molecular weight is 257 g/mol. The number of Topliss-reactive ketones (excluding diaryl/α,β-unsaturated/α-hetero) is 1. The molecule has 0 fully saturated rings. The predicted octanol–water partition coefficient (Wildman–Crippen LogP) is 2.59. The Hall–Kier alpha value is -1.97. The third kappa shape index (κ3) is 2.89. The molecule has 0 unspecified atom stereocenters. The van der Waals surface area contributed by atoms with E-state index in [1.165, 1.54) is 0 Å². The first-order valence-corrected chi connectivity index (χ1v) is 6.65. The molecule has 0 aliphatic carbocycles. The lowest BCUT2D eigenvalue weighted by atomic mass is 10.0. The lowest BCUT2D eigenvalue weighted by Gasteiger charge is -2.07. The van der Waals surface area contributed by atoms with E-state index in [-0.39, 0.29) is 5.78 Å².